The smallest absolute Gasteiger partial charge is 0.219 e. The van der Waals surface area contributed by atoms with E-state index in [2.05, 4.69) is 25.2 Å². The Morgan fingerprint density at radius 1 is 0.680 bits per heavy atom. The van der Waals surface area contributed by atoms with E-state index in [1.165, 1.54) is 5.19 Å². The maximum absolute atomic E-state index is 11.0. The first kappa shape index (κ1) is 17.6. The molecule has 0 aromatic heterocycles. The van der Waals surface area contributed by atoms with Crippen molar-refractivity contribution in [2.24, 2.45) is 0 Å². The van der Waals surface area contributed by atoms with E-state index in [0.717, 1.165) is 11.1 Å². The zero-order valence-electron chi connectivity index (χ0n) is 14.7. The Morgan fingerprint density at radius 2 is 1.12 bits per heavy atom. The van der Waals surface area contributed by atoms with Crippen LogP contribution in [0.5, 0.6) is 0 Å². The van der Waals surface area contributed by atoms with Crippen LogP contribution in [0.1, 0.15) is 23.3 Å². The van der Waals surface area contributed by atoms with Crippen molar-refractivity contribution >= 4 is 13.5 Å². The average molecular weight is 349 g/mol. The summed E-state index contributed by atoms with van der Waals surface area (Å²) in [5.41, 5.74) is 1.87. The summed E-state index contributed by atoms with van der Waals surface area (Å²) in [7, 11) is -2.18. The molecule has 128 valence electrons. The van der Waals surface area contributed by atoms with Crippen LogP contribution in [0.25, 0.3) is 0 Å². The van der Waals surface area contributed by atoms with E-state index in [1.807, 2.05) is 78.9 Å². The largest absolute Gasteiger partial charge is 0.403 e. The second-order valence-corrected chi connectivity index (χ2v) is 10.5. The van der Waals surface area contributed by atoms with Crippen LogP contribution in [-0.4, -0.2) is 13.4 Å². The standard InChI is InChI=1S/C22H24O2Si/c1-25(2,20-16-10-5-11-17-20)24-22(19-14-8-4-9-15-19)21(23)18-12-6-3-7-13-18/h3-17,21-23H,1-2H3/t21-,22+/m0/s1. The minimum absolute atomic E-state index is 0.398. The van der Waals surface area contributed by atoms with Gasteiger partial charge in [0, 0.05) is 0 Å². The van der Waals surface area contributed by atoms with Gasteiger partial charge in [-0.2, -0.15) is 0 Å². The molecule has 3 heteroatoms. The lowest BCUT2D eigenvalue weighted by Gasteiger charge is -2.33. The molecular weight excluding hydrogens is 324 g/mol. The first-order valence-electron chi connectivity index (χ1n) is 8.59. The molecule has 0 radical (unpaired) electrons. The van der Waals surface area contributed by atoms with Crippen molar-refractivity contribution in [2.75, 3.05) is 0 Å². The van der Waals surface area contributed by atoms with Crippen molar-refractivity contribution in [3.63, 3.8) is 0 Å². The Bertz CT molecular complexity index is 773. The van der Waals surface area contributed by atoms with Gasteiger partial charge in [0.2, 0.25) is 8.32 Å². The van der Waals surface area contributed by atoms with Crippen molar-refractivity contribution in [1.82, 2.24) is 0 Å². The van der Waals surface area contributed by atoms with E-state index in [9.17, 15) is 5.11 Å². The van der Waals surface area contributed by atoms with Crippen molar-refractivity contribution in [3.8, 4) is 0 Å². The molecule has 2 nitrogen and oxygen atoms in total. The predicted molar refractivity (Wildman–Crippen MR) is 105 cm³/mol. The fourth-order valence-electron chi connectivity index (χ4n) is 3.01. The number of hydrogen-bond acceptors (Lipinski definition) is 2. The van der Waals surface area contributed by atoms with Crippen molar-refractivity contribution in [3.05, 3.63) is 102 Å². The SMILES string of the molecule is C[Si](C)(O[C@H](c1ccccc1)[C@@H](O)c1ccccc1)c1ccccc1. The second-order valence-electron chi connectivity index (χ2n) is 6.68. The Kier molecular flexibility index (Phi) is 5.49. The van der Waals surface area contributed by atoms with Crippen LogP contribution >= 0.6 is 0 Å². The van der Waals surface area contributed by atoms with Crippen LogP contribution in [0.2, 0.25) is 13.1 Å². The molecule has 0 bridgehead atoms. The van der Waals surface area contributed by atoms with Crippen LogP contribution in [0.15, 0.2) is 91.0 Å². The Labute approximate surface area is 150 Å². The van der Waals surface area contributed by atoms with E-state index < -0.39 is 20.5 Å². The molecule has 3 aromatic rings. The van der Waals surface area contributed by atoms with Crippen LogP contribution < -0.4 is 5.19 Å². The third-order valence-corrected chi connectivity index (χ3v) is 7.01. The van der Waals surface area contributed by atoms with Gasteiger partial charge in [0.1, 0.15) is 12.2 Å². The monoisotopic (exact) mass is 348 g/mol. The Hall–Kier alpha value is -2.20. The fraction of sp³-hybridized carbons (Fsp3) is 0.182. The van der Waals surface area contributed by atoms with Gasteiger partial charge in [0.05, 0.1) is 0 Å². The van der Waals surface area contributed by atoms with Gasteiger partial charge in [-0.05, 0) is 29.4 Å². The summed E-state index contributed by atoms with van der Waals surface area (Å²) in [4.78, 5) is 0. The number of hydrogen-bond donors (Lipinski definition) is 1. The summed E-state index contributed by atoms with van der Waals surface area (Å²) in [6.07, 6.45) is -1.11. The molecule has 0 spiro atoms. The summed E-state index contributed by atoms with van der Waals surface area (Å²) in [5.74, 6) is 0. The first-order valence-corrected chi connectivity index (χ1v) is 11.5. The predicted octanol–water partition coefficient (Wildman–Crippen LogP) is 4.59. The summed E-state index contributed by atoms with van der Waals surface area (Å²) in [6.45, 7) is 4.35. The van der Waals surface area contributed by atoms with Crippen LogP contribution in [-0.2, 0) is 4.43 Å². The average Bonchev–Trinajstić information content (AvgIpc) is 2.68. The highest BCUT2D eigenvalue weighted by Crippen LogP contribution is 2.34. The lowest BCUT2D eigenvalue weighted by atomic mass is 9.98. The van der Waals surface area contributed by atoms with Crippen molar-refractivity contribution in [1.29, 1.82) is 0 Å². The van der Waals surface area contributed by atoms with Crippen LogP contribution in [0.3, 0.4) is 0 Å². The minimum Gasteiger partial charge on any atom is -0.403 e. The zero-order valence-corrected chi connectivity index (χ0v) is 15.7. The normalized spacial score (nSPS) is 14.0. The van der Waals surface area contributed by atoms with Gasteiger partial charge in [-0.1, -0.05) is 91.0 Å². The van der Waals surface area contributed by atoms with Gasteiger partial charge in [0.15, 0.2) is 0 Å². The Morgan fingerprint density at radius 3 is 1.64 bits per heavy atom. The first-order chi connectivity index (χ1) is 12.1. The van der Waals surface area contributed by atoms with Gasteiger partial charge < -0.3 is 9.53 Å². The quantitative estimate of drug-likeness (QED) is 0.660. The van der Waals surface area contributed by atoms with Gasteiger partial charge in [-0.15, -0.1) is 0 Å². The van der Waals surface area contributed by atoms with Crippen molar-refractivity contribution in [2.45, 2.75) is 25.3 Å². The lowest BCUT2D eigenvalue weighted by Crippen LogP contribution is -2.46. The molecular formula is C22H24O2Si. The molecule has 3 aromatic carbocycles. The van der Waals surface area contributed by atoms with E-state index in [0.29, 0.717) is 0 Å². The molecule has 1 N–H and O–H groups in total. The van der Waals surface area contributed by atoms with Crippen LogP contribution in [0, 0.1) is 0 Å². The molecule has 0 heterocycles. The highest BCUT2D eigenvalue weighted by molar-refractivity contribution is 6.84. The van der Waals surface area contributed by atoms with E-state index in [4.69, 9.17) is 4.43 Å². The maximum atomic E-state index is 11.0. The summed E-state index contributed by atoms with van der Waals surface area (Å²) < 4.78 is 6.62. The van der Waals surface area contributed by atoms with Gasteiger partial charge in [0.25, 0.3) is 0 Å². The third-order valence-electron chi connectivity index (χ3n) is 4.45. The molecule has 0 fully saturated rings. The number of rotatable bonds is 6. The summed E-state index contributed by atoms with van der Waals surface area (Å²) in [6, 6.07) is 30.1. The molecule has 0 aliphatic heterocycles. The zero-order chi connectivity index (χ0) is 17.7. The second kappa shape index (κ2) is 7.79. The third kappa shape index (κ3) is 4.26. The molecule has 0 aliphatic carbocycles. The van der Waals surface area contributed by atoms with E-state index in [1.54, 1.807) is 0 Å². The molecule has 0 amide bonds. The number of aliphatic hydroxyl groups excluding tert-OH is 1. The summed E-state index contributed by atoms with van der Waals surface area (Å²) in [5, 5.41) is 12.3. The molecule has 0 saturated carbocycles. The number of aliphatic hydroxyl groups is 1. The molecule has 25 heavy (non-hydrogen) atoms. The van der Waals surface area contributed by atoms with E-state index >= 15 is 0 Å². The fourth-order valence-corrected chi connectivity index (χ4v) is 5.04. The van der Waals surface area contributed by atoms with E-state index in [-0.39, 0.29) is 0 Å². The highest BCUT2D eigenvalue weighted by Gasteiger charge is 2.33. The van der Waals surface area contributed by atoms with Crippen LogP contribution in [0.4, 0.5) is 0 Å². The highest BCUT2D eigenvalue weighted by atomic mass is 28.4. The Balaban J connectivity index is 1.95. The number of benzene rings is 3. The minimum atomic E-state index is -2.18. The summed E-state index contributed by atoms with van der Waals surface area (Å²) >= 11 is 0. The molecule has 0 saturated heterocycles. The van der Waals surface area contributed by atoms with Gasteiger partial charge >= 0.3 is 0 Å². The van der Waals surface area contributed by atoms with Gasteiger partial charge in [-0.25, -0.2) is 0 Å². The topological polar surface area (TPSA) is 29.5 Å². The molecule has 0 aliphatic rings. The lowest BCUT2D eigenvalue weighted by molar-refractivity contribution is 0.0305. The molecule has 3 rings (SSSR count). The molecule has 0 unspecified atom stereocenters. The molecule has 2 atom stereocenters. The van der Waals surface area contributed by atoms with Crippen molar-refractivity contribution < 1.29 is 9.53 Å². The van der Waals surface area contributed by atoms with Gasteiger partial charge in [-0.3, -0.25) is 0 Å². The maximum Gasteiger partial charge on any atom is 0.219 e.